The van der Waals surface area contributed by atoms with E-state index in [4.69, 9.17) is 19.4 Å². The smallest absolute Gasteiger partial charge is 0.410 e. The lowest BCUT2D eigenvalue weighted by Crippen LogP contribution is -2.55. The third-order valence-electron chi connectivity index (χ3n) is 8.84. The van der Waals surface area contributed by atoms with Gasteiger partial charge in [0, 0.05) is 55.2 Å². The second-order valence-corrected chi connectivity index (χ2v) is 12.0. The van der Waals surface area contributed by atoms with Gasteiger partial charge in [-0.25, -0.2) is 14.8 Å². The van der Waals surface area contributed by atoms with Crippen molar-refractivity contribution in [2.45, 2.75) is 19.1 Å². The van der Waals surface area contributed by atoms with E-state index in [-0.39, 0.29) is 18.7 Å². The van der Waals surface area contributed by atoms with Crippen molar-refractivity contribution >= 4 is 45.2 Å². The first kappa shape index (κ1) is 32.1. The molecule has 1 aliphatic rings. The summed E-state index contributed by atoms with van der Waals surface area (Å²) in [6, 6.07) is 30.1. The molecule has 3 heterocycles. The minimum atomic E-state index is -0.479. The van der Waals surface area contributed by atoms with Crippen LogP contribution in [0.1, 0.15) is 22.5 Å². The highest BCUT2D eigenvalue weighted by Crippen LogP contribution is 2.31. The number of rotatable bonds is 8. The van der Waals surface area contributed by atoms with Crippen LogP contribution in [0.3, 0.4) is 0 Å². The molecule has 250 valence electrons. The van der Waals surface area contributed by atoms with Crippen LogP contribution in [0, 0.1) is 11.3 Å². The van der Waals surface area contributed by atoms with Crippen molar-refractivity contribution in [3.63, 3.8) is 0 Å². The molecular formula is C38H34N8O4. The second kappa shape index (κ2) is 13.9. The van der Waals surface area contributed by atoms with E-state index in [1.807, 2.05) is 90.8 Å². The number of nitrogens with one attached hydrogen (secondary N) is 1. The number of aryl methyl sites for hydroxylation is 1. The summed E-state index contributed by atoms with van der Waals surface area (Å²) >= 11 is 0. The van der Waals surface area contributed by atoms with Crippen LogP contribution in [-0.4, -0.2) is 69.4 Å². The van der Waals surface area contributed by atoms with E-state index in [1.165, 1.54) is 0 Å². The minimum Gasteiger partial charge on any atom is -0.497 e. The zero-order valence-electron chi connectivity index (χ0n) is 27.6. The summed E-state index contributed by atoms with van der Waals surface area (Å²) in [6.45, 7) is 1.16. The number of methoxy groups -OCH3 is 1. The number of hydrogen-bond donors (Lipinski definition) is 1. The van der Waals surface area contributed by atoms with Crippen LogP contribution in [0.2, 0.25) is 0 Å². The SMILES string of the molecule is COc1cc(NC(=O)c2cc(N3CCN(C(=O)OCc4ccccc4)[C@@H](CC#N)C3)nc(-c3ccc4c(cnn4C)c3)n2)c2ccccc2c1. The normalized spacial score (nSPS) is 14.4. The van der Waals surface area contributed by atoms with Crippen molar-refractivity contribution in [2.75, 3.05) is 37.0 Å². The Bertz CT molecular complexity index is 2250. The van der Waals surface area contributed by atoms with Crippen molar-refractivity contribution in [2.24, 2.45) is 7.05 Å². The Kier molecular flexibility index (Phi) is 8.94. The number of amides is 2. The van der Waals surface area contributed by atoms with E-state index >= 15 is 0 Å². The maximum atomic E-state index is 14.0. The lowest BCUT2D eigenvalue weighted by atomic mass is 10.1. The molecule has 2 amide bonds. The first-order valence-electron chi connectivity index (χ1n) is 16.2. The Labute approximate surface area is 288 Å². The van der Waals surface area contributed by atoms with E-state index in [2.05, 4.69) is 16.5 Å². The Morgan fingerprint density at radius 3 is 2.60 bits per heavy atom. The van der Waals surface area contributed by atoms with Gasteiger partial charge in [-0.1, -0.05) is 54.6 Å². The van der Waals surface area contributed by atoms with Crippen LogP contribution in [0.5, 0.6) is 5.75 Å². The monoisotopic (exact) mass is 666 g/mol. The molecule has 0 bridgehead atoms. The molecule has 0 radical (unpaired) electrons. The fourth-order valence-corrected chi connectivity index (χ4v) is 6.22. The van der Waals surface area contributed by atoms with Gasteiger partial charge in [0.05, 0.1) is 43.0 Å². The van der Waals surface area contributed by atoms with Gasteiger partial charge in [0.1, 0.15) is 23.9 Å². The number of hydrogen-bond acceptors (Lipinski definition) is 9. The predicted molar refractivity (Wildman–Crippen MR) is 190 cm³/mol. The number of ether oxygens (including phenoxy) is 2. The third kappa shape index (κ3) is 6.61. The first-order chi connectivity index (χ1) is 24.4. The van der Waals surface area contributed by atoms with Crippen LogP contribution in [0.15, 0.2) is 97.2 Å². The van der Waals surface area contributed by atoms with Crippen LogP contribution >= 0.6 is 0 Å². The van der Waals surface area contributed by atoms with Crippen molar-refractivity contribution in [3.05, 3.63) is 108 Å². The van der Waals surface area contributed by atoms with Gasteiger partial charge in [-0.15, -0.1) is 0 Å². The fraction of sp³-hybridized carbons (Fsp3) is 0.211. The van der Waals surface area contributed by atoms with E-state index in [1.54, 1.807) is 35.0 Å². The Hall–Kier alpha value is -6.48. The maximum Gasteiger partial charge on any atom is 0.410 e. The molecule has 0 spiro atoms. The van der Waals surface area contributed by atoms with Crippen LogP contribution in [-0.2, 0) is 18.4 Å². The quantitative estimate of drug-likeness (QED) is 0.202. The van der Waals surface area contributed by atoms with Crippen LogP contribution in [0.4, 0.5) is 16.3 Å². The molecule has 12 heteroatoms. The summed E-state index contributed by atoms with van der Waals surface area (Å²) in [6.07, 6.45) is 1.39. The van der Waals surface area contributed by atoms with E-state index in [0.717, 1.165) is 27.2 Å². The number of nitrogens with zero attached hydrogens (tertiary/aromatic N) is 7. The van der Waals surface area contributed by atoms with Gasteiger partial charge in [0.15, 0.2) is 5.82 Å². The largest absolute Gasteiger partial charge is 0.497 e. The molecule has 0 unspecified atom stereocenters. The molecule has 1 atom stereocenters. The van der Waals surface area contributed by atoms with Crippen molar-refractivity contribution in [1.29, 1.82) is 5.26 Å². The van der Waals surface area contributed by atoms with Gasteiger partial charge in [-0.2, -0.15) is 10.4 Å². The summed E-state index contributed by atoms with van der Waals surface area (Å²) < 4.78 is 12.9. The highest BCUT2D eigenvalue weighted by atomic mass is 16.6. The van der Waals surface area contributed by atoms with E-state index in [9.17, 15) is 14.9 Å². The molecule has 1 aliphatic heterocycles. The highest BCUT2D eigenvalue weighted by Gasteiger charge is 2.33. The molecule has 1 fully saturated rings. The maximum absolute atomic E-state index is 14.0. The van der Waals surface area contributed by atoms with Gasteiger partial charge in [-0.05, 0) is 35.2 Å². The Balaban J connectivity index is 1.21. The third-order valence-corrected chi connectivity index (χ3v) is 8.84. The predicted octanol–water partition coefficient (Wildman–Crippen LogP) is 6.19. The minimum absolute atomic E-state index is 0.100. The molecule has 7 rings (SSSR count). The zero-order valence-corrected chi connectivity index (χ0v) is 27.6. The summed E-state index contributed by atoms with van der Waals surface area (Å²) in [5.74, 6) is 1.04. The number of fused-ring (bicyclic) bond motifs is 2. The number of benzene rings is 4. The number of anilines is 2. The van der Waals surface area contributed by atoms with Gasteiger partial charge < -0.3 is 24.6 Å². The molecule has 50 heavy (non-hydrogen) atoms. The average Bonchev–Trinajstić information content (AvgIpc) is 3.53. The Morgan fingerprint density at radius 2 is 1.78 bits per heavy atom. The van der Waals surface area contributed by atoms with Crippen molar-refractivity contribution in [1.82, 2.24) is 24.6 Å². The lowest BCUT2D eigenvalue weighted by molar-refractivity contribution is 0.0768. The standard InChI is InChI=1S/C38H34N8O4/c1-44-34-13-12-27(18-28(34)22-40-44)36-41-33(37(47)42-32-20-30(49-2)19-26-10-6-7-11-31(26)32)21-35(43-36)45-16-17-46(29(23-45)14-15-39)38(48)50-24-25-8-4-3-5-9-25/h3-13,18-22,29H,14,16-17,23-24H2,1-2H3,(H,42,47)/t29-/m0/s1. The molecule has 4 aromatic carbocycles. The van der Waals surface area contributed by atoms with Gasteiger partial charge >= 0.3 is 6.09 Å². The van der Waals surface area contributed by atoms with E-state index in [0.29, 0.717) is 48.3 Å². The number of carbonyl (C=O) groups is 2. The van der Waals surface area contributed by atoms with Gasteiger partial charge in [-0.3, -0.25) is 9.48 Å². The number of piperazine rings is 1. The van der Waals surface area contributed by atoms with E-state index < -0.39 is 18.0 Å². The first-order valence-corrected chi connectivity index (χ1v) is 16.2. The highest BCUT2D eigenvalue weighted by molar-refractivity contribution is 6.09. The van der Waals surface area contributed by atoms with Crippen molar-refractivity contribution < 1.29 is 19.1 Å². The van der Waals surface area contributed by atoms with Gasteiger partial charge in [0.2, 0.25) is 0 Å². The van der Waals surface area contributed by atoms with Gasteiger partial charge in [0.25, 0.3) is 5.91 Å². The number of aromatic nitrogens is 4. The molecule has 1 N–H and O–H groups in total. The number of carbonyl (C=O) groups excluding carboxylic acids is 2. The molecule has 0 saturated carbocycles. The lowest BCUT2D eigenvalue weighted by Gasteiger charge is -2.40. The topological polar surface area (TPSA) is 138 Å². The molecule has 12 nitrogen and oxygen atoms in total. The summed E-state index contributed by atoms with van der Waals surface area (Å²) in [4.78, 5) is 40.4. The Morgan fingerprint density at radius 1 is 0.960 bits per heavy atom. The molecular weight excluding hydrogens is 632 g/mol. The fourth-order valence-electron chi connectivity index (χ4n) is 6.22. The second-order valence-electron chi connectivity index (χ2n) is 12.0. The number of nitriles is 1. The van der Waals surface area contributed by atoms with Crippen molar-refractivity contribution in [3.8, 4) is 23.2 Å². The summed E-state index contributed by atoms with van der Waals surface area (Å²) in [7, 11) is 3.46. The molecule has 0 aliphatic carbocycles. The average molecular weight is 667 g/mol. The zero-order chi connectivity index (χ0) is 34.6. The molecule has 6 aromatic rings. The summed E-state index contributed by atoms with van der Waals surface area (Å²) in [5.41, 5.74) is 3.28. The summed E-state index contributed by atoms with van der Waals surface area (Å²) in [5, 5.41) is 19.8. The van der Waals surface area contributed by atoms with Crippen LogP contribution in [0.25, 0.3) is 33.1 Å². The van der Waals surface area contributed by atoms with Crippen LogP contribution < -0.4 is 15.0 Å². The molecule has 2 aromatic heterocycles. The molecule has 1 saturated heterocycles.